The van der Waals surface area contributed by atoms with Crippen LogP contribution in [0, 0.1) is 6.92 Å². The highest BCUT2D eigenvalue weighted by atomic mass is 32.2. The molecule has 3 rings (SSSR count). The van der Waals surface area contributed by atoms with E-state index >= 15 is 0 Å². The molecule has 1 unspecified atom stereocenters. The Balaban J connectivity index is 1.84. The van der Waals surface area contributed by atoms with E-state index in [4.69, 9.17) is 9.47 Å². The number of benzene rings is 1. The van der Waals surface area contributed by atoms with Gasteiger partial charge < -0.3 is 14.8 Å². The number of rotatable bonds is 7. The lowest BCUT2D eigenvalue weighted by molar-refractivity contribution is -0.119. The number of carbonyl (C=O) groups excluding carboxylic acids is 2. The van der Waals surface area contributed by atoms with Gasteiger partial charge in [0.2, 0.25) is 15.9 Å². The first-order chi connectivity index (χ1) is 14.2. The van der Waals surface area contributed by atoms with Crippen LogP contribution in [0.2, 0.25) is 0 Å². The summed E-state index contributed by atoms with van der Waals surface area (Å²) in [5.41, 5.74) is 0.532. The van der Waals surface area contributed by atoms with Gasteiger partial charge in [-0.05, 0) is 31.9 Å². The highest BCUT2D eigenvalue weighted by Crippen LogP contribution is 2.33. The molecule has 9 nitrogen and oxygen atoms in total. The van der Waals surface area contributed by atoms with Crippen molar-refractivity contribution in [3.05, 3.63) is 28.8 Å². The van der Waals surface area contributed by atoms with Gasteiger partial charge in [-0.15, -0.1) is 0 Å². The number of sulfonamides is 1. The maximum atomic E-state index is 13.2. The van der Waals surface area contributed by atoms with E-state index in [0.717, 1.165) is 11.3 Å². The molecule has 1 aromatic heterocycles. The van der Waals surface area contributed by atoms with Crippen molar-refractivity contribution in [2.24, 2.45) is 0 Å². The molecule has 2 aromatic rings. The summed E-state index contributed by atoms with van der Waals surface area (Å²) in [7, 11) is -1.05. The molecule has 0 bridgehead atoms. The van der Waals surface area contributed by atoms with Crippen LogP contribution in [-0.4, -0.2) is 56.2 Å². The monoisotopic (exact) mass is 453 g/mol. The second-order valence-electron chi connectivity index (χ2n) is 6.77. The maximum absolute atomic E-state index is 13.2. The second-order valence-corrected chi connectivity index (χ2v) is 9.66. The van der Waals surface area contributed by atoms with Crippen molar-refractivity contribution in [3.8, 4) is 11.5 Å². The third kappa shape index (κ3) is 4.18. The number of aryl methyl sites for hydroxylation is 1. The van der Waals surface area contributed by atoms with Gasteiger partial charge in [0, 0.05) is 19.5 Å². The molecule has 0 saturated carbocycles. The lowest BCUT2D eigenvalue weighted by Gasteiger charge is -2.23. The summed E-state index contributed by atoms with van der Waals surface area (Å²) < 4.78 is 38.0. The van der Waals surface area contributed by atoms with Crippen molar-refractivity contribution in [2.45, 2.75) is 37.6 Å². The molecule has 0 spiro atoms. The van der Waals surface area contributed by atoms with Gasteiger partial charge >= 0.3 is 0 Å². The summed E-state index contributed by atoms with van der Waals surface area (Å²) in [5.74, 6) is 0.0887. The molecule has 1 aromatic carbocycles. The van der Waals surface area contributed by atoms with Gasteiger partial charge in [-0.2, -0.15) is 4.31 Å². The standard InChI is InChI=1S/C19H23N3O6S2/c1-11-17(12(2)23)29-19(20-11)21-18(24)14-6-5-9-22(14)30(25,26)13-7-8-15(27-3)16(10-13)28-4/h7-8,10,14H,5-6,9H2,1-4H3,(H,20,21,24). The third-order valence-corrected chi connectivity index (χ3v) is 7.89. The maximum Gasteiger partial charge on any atom is 0.244 e. The van der Waals surface area contributed by atoms with Crippen LogP contribution in [0.5, 0.6) is 11.5 Å². The van der Waals surface area contributed by atoms with Crippen molar-refractivity contribution in [1.29, 1.82) is 0 Å². The zero-order chi connectivity index (χ0) is 22.1. The van der Waals surface area contributed by atoms with Crippen LogP contribution in [-0.2, 0) is 14.8 Å². The first-order valence-electron chi connectivity index (χ1n) is 9.22. The fourth-order valence-electron chi connectivity index (χ4n) is 3.37. The van der Waals surface area contributed by atoms with Gasteiger partial charge in [-0.25, -0.2) is 13.4 Å². The Bertz CT molecular complexity index is 1080. The van der Waals surface area contributed by atoms with E-state index in [9.17, 15) is 18.0 Å². The number of methoxy groups -OCH3 is 2. The number of amides is 1. The van der Waals surface area contributed by atoms with E-state index < -0.39 is 22.0 Å². The summed E-state index contributed by atoms with van der Waals surface area (Å²) in [4.78, 5) is 29.1. The summed E-state index contributed by atoms with van der Waals surface area (Å²) >= 11 is 1.08. The predicted octanol–water partition coefficient (Wildman–Crippen LogP) is 2.46. The van der Waals surface area contributed by atoms with Crippen molar-refractivity contribution >= 4 is 38.2 Å². The fourth-order valence-corrected chi connectivity index (χ4v) is 5.90. The Labute approximate surface area is 179 Å². The van der Waals surface area contributed by atoms with Gasteiger partial charge in [0.05, 0.1) is 29.7 Å². The SMILES string of the molecule is COc1ccc(S(=O)(=O)N2CCCC2C(=O)Nc2nc(C)c(C(C)=O)s2)cc1OC. The van der Waals surface area contributed by atoms with E-state index in [2.05, 4.69) is 10.3 Å². The Morgan fingerprint density at radius 1 is 1.23 bits per heavy atom. The number of hydrogen-bond donors (Lipinski definition) is 1. The van der Waals surface area contributed by atoms with Gasteiger partial charge in [-0.1, -0.05) is 11.3 Å². The van der Waals surface area contributed by atoms with Crippen LogP contribution < -0.4 is 14.8 Å². The average Bonchev–Trinajstić information content (AvgIpc) is 3.34. The predicted molar refractivity (Wildman–Crippen MR) is 112 cm³/mol. The molecule has 1 aliphatic rings. The zero-order valence-corrected chi connectivity index (χ0v) is 18.7. The van der Waals surface area contributed by atoms with E-state index in [-0.39, 0.29) is 28.1 Å². The van der Waals surface area contributed by atoms with Crippen LogP contribution in [0.25, 0.3) is 0 Å². The molecule has 2 heterocycles. The third-order valence-electron chi connectivity index (χ3n) is 4.81. The number of thiazole rings is 1. The van der Waals surface area contributed by atoms with Crippen molar-refractivity contribution < 1.29 is 27.5 Å². The van der Waals surface area contributed by atoms with Crippen LogP contribution in [0.1, 0.15) is 35.1 Å². The van der Waals surface area contributed by atoms with E-state index in [1.807, 2.05) is 0 Å². The quantitative estimate of drug-likeness (QED) is 0.640. The number of nitrogens with zero attached hydrogens (tertiary/aromatic N) is 2. The van der Waals surface area contributed by atoms with Crippen LogP contribution in [0.15, 0.2) is 23.1 Å². The summed E-state index contributed by atoms with van der Waals surface area (Å²) in [5, 5.41) is 2.94. The highest BCUT2D eigenvalue weighted by molar-refractivity contribution is 7.89. The molecular formula is C19H23N3O6S2. The zero-order valence-electron chi connectivity index (χ0n) is 17.1. The first-order valence-corrected chi connectivity index (χ1v) is 11.5. The average molecular weight is 454 g/mol. The van der Waals surface area contributed by atoms with Crippen LogP contribution >= 0.6 is 11.3 Å². The highest BCUT2D eigenvalue weighted by Gasteiger charge is 2.40. The number of hydrogen-bond acceptors (Lipinski definition) is 8. The van der Waals surface area contributed by atoms with Crippen LogP contribution in [0.4, 0.5) is 5.13 Å². The molecule has 1 N–H and O–H groups in total. The smallest absolute Gasteiger partial charge is 0.244 e. The Kier molecular flexibility index (Phi) is 6.44. The number of nitrogens with one attached hydrogen (secondary N) is 1. The molecule has 0 radical (unpaired) electrons. The summed E-state index contributed by atoms with van der Waals surface area (Å²) in [6.07, 6.45) is 0.947. The fraction of sp³-hybridized carbons (Fsp3) is 0.421. The molecule has 162 valence electrons. The molecule has 1 aliphatic heterocycles. The largest absolute Gasteiger partial charge is 0.493 e. The molecule has 0 aliphatic carbocycles. The van der Waals surface area contributed by atoms with Gasteiger partial charge in [0.1, 0.15) is 6.04 Å². The second kappa shape index (κ2) is 8.70. The lowest BCUT2D eigenvalue weighted by atomic mass is 10.2. The number of Topliss-reactive ketones (excluding diaryl/α,β-unsaturated/α-hetero) is 1. The number of ether oxygens (including phenoxy) is 2. The van der Waals surface area contributed by atoms with Crippen molar-refractivity contribution in [2.75, 3.05) is 26.1 Å². The topological polar surface area (TPSA) is 115 Å². The van der Waals surface area contributed by atoms with E-state index in [1.54, 1.807) is 6.92 Å². The van der Waals surface area contributed by atoms with Gasteiger partial charge in [-0.3, -0.25) is 9.59 Å². The molecular weight excluding hydrogens is 430 g/mol. The van der Waals surface area contributed by atoms with E-state index in [1.165, 1.54) is 43.6 Å². The minimum Gasteiger partial charge on any atom is -0.493 e. The Morgan fingerprint density at radius 2 is 1.93 bits per heavy atom. The minimum atomic E-state index is -3.93. The Hall–Kier alpha value is -2.50. The number of anilines is 1. The van der Waals surface area contributed by atoms with Crippen LogP contribution in [0.3, 0.4) is 0 Å². The first kappa shape index (κ1) is 22.2. The number of carbonyl (C=O) groups is 2. The number of ketones is 1. The van der Waals surface area contributed by atoms with Gasteiger partial charge in [0.25, 0.3) is 0 Å². The normalized spacial score (nSPS) is 17.0. The molecule has 1 atom stereocenters. The molecule has 30 heavy (non-hydrogen) atoms. The van der Waals surface area contributed by atoms with Crippen molar-refractivity contribution in [1.82, 2.24) is 9.29 Å². The van der Waals surface area contributed by atoms with Gasteiger partial charge in [0.15, 0.2) is 22.4 Å². The summed E-state index contributed by atoms with van der Waals surface area (Å²) in [6.45, 7) is 3.34. The number of aromatic nitrogens is 1. The molecule has 1 amide bonds. The Morgan fingerprint density at radius 3 is 2.53 bits per heavy atom. The summed E-state index contributed by atoms with van der Waals surface area (Å²) in [6, 6.07) is 3.45. The van der Waals surface area contributed by atoms with E-state index in [0.29, 0.717) is 29.2 Å². The lowest BCUT2D eigenvalue weighted by Crippen LogP contribution is -2.43. The molecule has 11 heteroatoms. The minimum absolute atomic E-state index is 0.0174. The molecule has 1 fully saturated rings. The van der Waals surface area contributed by atoms with Crippen molar-refractivity contribution in [3.63, 3.8) is 0 Å². The molecule has 1 saturated heterocycles.